The van der Waals surface area contributed by atoms with E-state index in [1.807, 2.05) is 6.07 Å². The average molecular weight is 257 g/mol. The van der Waals surface area contributed by atoms with Crippen LogP contribution in [0.15, 0.2) is 40.5 Å². The molecule has 0 aliphatic heterocycles. The Morgan fingerprint density at radius 3 is 2.94 bits per heavy atom. The molecule has 1 aromatic carbocycles. The second-order valence-electron chi connectivity index (χ2n) is 4.42. The van der Waals surface area contributed by atoms with Gasteiger partial charge in [0.25, 0.3) is 0 Å². The maximum Gasteiger partial charge on any atom is 0.192 e. The number of fused-ring (bicyclic) bond motifs is 1. The molecular weight excluding hydrogens is 242 g/mol. The summed E-state index contributed by atoms with van der Waals surface area (Å²) in [5.41, 5.74) is 9.45. The van der Waals surface area contributed by atoms with E-state index in [1.54, 1.807) is 18.0 Å². The second kappa shape index (κ2) is 5.08. The lowest BCUT2D eigenvalue weighted by molar-refractivity contribution is 0.874. The number of rotatable bonds is 3. The molecule has 0 bridgehead atoms. The van der Waals surface area contributed by atoms with Gasteiger partial charge in [0, 0.05) is 17.6 Å². The molecule has 18 heavy (non-hydrogen) atoms. The lowest BCUT2D eigenvalue weighted by atomic mass is 10.1. The predicted octanol–water partition coefficient (Wildman–Crippen LogP) is 2.58. The van der Waals surface area contributed by atoms with Crippen LogP contribution in [0.2, 0.25) is 0 Å². The van der Waals surface area contributed by atoms with Gasteiger partial charge in [0.15, 0.2) is 5.16 Å². The van der Waals surface area contributed by atoms with Crippen LogP contribution >= 0.6 is 11.8 Å². The summed E-state index contributed by atoms with van der Waals surface area (Å²) in [6, 6.07) is 8.52. The fraction of sp³-hybridized carbons (Fsp3) is 0.286. The van der Waals surface area contributed by atoms with Crippen molar-refractivity contribution in [2.45, 2.75) is 35.9 Å². The number of aryl methyl sites for hydroxylation is 2. The summed E-state index contributed by atoms with van der Waals surface area (Å²) in [6.45, 7) is 0.459. The van der Waals surface area contributed by atoms with E-state index >= 15 is 0 Å². The highest BCUT2D eigenvalue weighted by Gasteiger charge is 2.11. The standard InChI is InChI=1S/C14H15N3S/c15-9-12-6-7-16-14(17-12)18-13-5-4-10-2-1-3-11(10)8-13/h4-8H,1-3,9,15H2. The lowest BCUT2D eigenvalue weighted by Gasteiger charge is -2.04. The van der Waals surface area contributed by atoms with E-state index in [9.17, 15) is 0 Å². The first-order valence-corrected chi connectivity index (χ1v) is 6.98. The Balaban J connectivity index is 1.83. The van der Waals surface area contributed by atoms with E-state index in [-0.39, 0.29) is 0 Å². The maximum atomic E-state index is 5.59. The SMILES string of the molecule is NCc1ccnc(Sc2ccc3c(c2)CCC3)n1. The topological polar surface area (TPSA) is 51.8 Å². The second-order valence-corrected chi connectivity index (χ2v) is 5.46. The van der Waals surface area contributed by atoms with Crippen LogP contribution in [-0.4, -0.2) is 9.97 Å². The third kappa shape index (κ3) is 2.40. The van der Waals surface area contributed by atoms with Crippen molar-refractivity contribution in [2.24, 2.45) is 5.73 Å². The molecule has 0 unspecified atom stereocenters. The summed E-state index contributed by atoms with van der Waals surface area (Å²) in [6.07, 6.45) is 5.47. The molecule has 3 rings (SSSR count). The number of benzene rings is 1. The molecule has 0 amide bonds. The molecule has 0 spiro atoms. The molecule has 3 nitrogen and oxygen atoms in total. The van der Waals surface area contributed by atoms with Crippen molar-refractivity contribution < 1.29 is 0 Å². The molecule has 2 N–H and O–H groups in total. The van der Waals surface area contributed by atoms with Gasteiger partial charge in [-0.05, 0) is 60.4 Å². The van der Waals surface area contributed by atoms with E-state index in [0.717, 1.165) is 10.9 Å². The molecule has 0 saturated carbocycles. The van der Waals surface area contributed by atoms with Gasteiger partial charge in [-0.1, -0.05) is 6.07 Å². The van der Waals surface area contributed by atoms with Crippen LogP contribution in [0.25, 0.3) is 0 Å². The third-order valence-electron chi connectivity index (χ3n) is 3.18. The number of aromatic nitrogens is 2. The molecule has 1 heterocycles. The summed E-state index contributed by atoms with van der Waals surface area (Å²) in [5.74, 6) is 0. The Morgan fingerprint density at radius 1 is 1.17 bits per heavy atom. The van der Waals surface area contributed by atoms with Gasteiger partial charge in [-0.25, -0.2) is 9.97 Å². The maximum absolute atomic E-state index is 5.59. The number of hydrogen-bond acceptors (Lipinski definition) is 4. The predicted molar refractivity (Wildman–Crippen MR) is 72.5 cm³/mol. The number of nitrogens with two attached hydrogens (primary N) is 1. The third-order valence-corrected chi connectivity index (χ3v) is 4.05. The largest absolute Gasteiger partial charge is 0.325 e. The molecule has 0 saturated heterocycles. The van der Waals surface area contributed by atoms with Gasteiger partial charge in [-0.2, -0.15) is 0 Å². The molecular formula is C14H15N3S. The highest BCUT2D eigenvalue weighted by molar-refractivity contribution is 7.99. The zero-order valence-corrected chi connectivity index (χ0v) is 10.9. The summed E-state index contributed by atoms with van der Waals surface area (Å²) < 4.78 is 0. The Labute approximate surface area is 111 Å². The van der Waals surface area contributed by atoms with Crippen LogP contribution < -0.4 is 5.73 Å². The zero-order valence-electron chi connectivity index (χ0n) is 10.1. The van der Waals surface area contributed by atoms with Crippen molar-refractivity contribution >= 4 is 11.8 Å². The summed E-state index contributed by atoms with van der Waals surface area (Å²) in [7, 11) is 0. The van der Waals surface area contributed by atoms with E-state index in [4.69, 9.17) is 5.73 Å². The van der Waals surface area contributed by atoms with Gasteiger partial charge in [0.05, 0.1) is 5.69 Å². The smallest absolute Gasteiger partial charge is 0.192 e. The average Bonchev–Trinajstić information content (AvgIpc) is 2.86. The molecule has 4 heteroatoms. The van der Waals surface area contributed by atoms with Crippen LogP contribution in [0, 0.1) is 0 Å². The van der Waals surface area contributed by atoms with Crippen molar-refractivity contribution in [3.05, 3.63) is 47.3 Å². The van der Waals surface area contributed by atoms with E-state index < -0.39 is 0 Å². The molecule has 0 radical (unpaired) electrons. The van der Waals surface area contributed by atoms with Gasteiger partial charge in [-0.15, -0.1) is 0 Å². The van der Waals surface area contributed by atoms with Crippen molar-refractivity contribution in [1.29, 1.82) is 0 Å². The highest BCUT2D eigenvalue weighted by atomic mass is 32.2. The molecule has 2 aromatic rings. The highest BCUT2D eigenvalue weighted by Crippen LogP contribution is 2.30. The van der Waals surface area contributed by atoms with Crippen molar-refractivity contribution in [1.82, 2.24) is 9.97 Å². The lowest BCUT2D eigenvalue weighted by Crippen LogP contribution is -2.00. The Morgan fingerprint density at radius 2 is 2.06 bits per heavy atom. The molecule has 0 fully saturated rings. The fourth-order valence-corrected chi connectivity index (χ4v) is 3.08. The molecule has 0 atom stereocenters. The van der Waals surface area contributed by atoms with Crippen LogP contribution in [0.3, 0.4) is 0 Å². The molecule has 1 aromatic heterocycles. The van der Waals surface area contributed by atoms with Gasteiger partial charge >= 0.3 is 0 Å². The van der Waals surface area contributed by atoms with Gasteiger partial charge in [0.2, 0.25) is 0 Å². The minimum Gasteiger partial charge on any atom is -0.325 e. The first-order valence-electron chi connectivity index (χ1n) is 6.17. The molecule has 92 valence electrons. The van der Waals surface area contributed by atoms with E-state index in [1.165, 1.54) is 35.3 Å². The minimum absolute atomic E-state index is 0.459. The number of nitrogens with zero attached hydrogens (tertiary/aromatic N) is 2. The summed E-state index contributed by atoms with van der Waals surface area (Å²) >= 11 is 1.61. The van der Waals surface area contributed by atoms with Crippen LogP contribution in [0.4, 0.5) is 0 Å². The normalized spacial score (nSPS) is 13.6. The Hall–Kier alpha value is -1.39. The van der Waals surface area contributed by atoms with Crippen molar-refractivity contribution in [3.63, 3.8) is 0 Å². The Bertz CT molecular complexity index is 569. The molecule has 1 aliphatic rings. The minimum atomic E-state index is 0.459. The van der Waals surface area contributed by atoms with E-state index in [0.29, 0.717) is 6.54 Å². The molecule has 1 aliphatic carbocycles. The summed E-state index contributed by atoms with van der Waals surface area (Å²) in [4.78, 5) is 9.89. The zero-order chi connectivity index (χ0) is 12.4. The van der Waals surface area contributed by atoms with E-state index in [2.05, 4.69) is 28.2 Å². The first kappa shape index (κ1) is 11.7. The van der Waals surface area contributed by atoms with Crippen LogP contribution in [0.5, 0.6) is 0 Å². The van der Waals surface area contributed by atoms with Gasteiger partial charge in [-0.3, -0.25) is 0 Å². The Kier molecular flexibility index (Phi) is 3.30. The summed E-state index contributed by atoms with van der Waals surface area (Å²) in [5, 5.41) is 0.774. The monoisotopic (exact) mass is 257 g/mol. The van der Waals surface area contributed by atoms with Gasteiger partial charge < -0.3 is 5.73 Å². The van der Waals surface area contributed by atoms with Crippen molar-refractivity contribution in [2.75, 3.05) is 0 Å². The first-order chi connectivity index (χ1) is 8.85. The van der Waals surface area contributed by atoms with Gasteiger partial charge in [0.1, 0.15) is 0 Å². The van der Waals surface area contributed by atoms with Crippen LogP contribution in [-0.2, 0) is 19.4 Å². The number of hydrogen-bond donors (Lipinski definition) is 1. The van der Waals surface area contributed by atoms with Crippen molar-refractivity contribution in [3.8, 4) is 0 Å². The quantitative estimate of drug-likeness (QED) is 0.859. The fourth-order valence-electron chi connectivity index (χ4n) is 2.26. The van der Waals surface area contributed by atoms with Crippen LogP contribution in [0.1, 0.15) is 23.2 Å².